The molecule has 0 spiro atoms. The number of nitrogens with one attached hydrogen (secondary N) is 2. The molecular formula is C18H26N4. The Hall–Kier alpha value is -1.97. The molecule has 0 radical (unpaired) electrons. The number of aliphatic imine (C=N–C) groups is 1. The van der Waals surface area contributed by atoms with Crippen LogP contribution in [0.4, 0.5) is 0 Å². The molecule has 0 atom stereocenters. The van der Waals surface area contributed by atoms with Crippen molar-refractivity contribution in [1.82, 2.24) is 15.2 Å². The minimum absolute atomic E-state index is 0.929. The fourth-order valence-corrected chi connectivity index (χ4v) is 2.81. The van der Waals surface area contributed by atoms with Gasteiger partial charge in [-0.3, -0.25) is 4.99 Å². The largest absolute Gasteiger partial charge is 0.356 e. The van der Waals surface area contributed by atoms with Crippen LogP contribution in [0, 0.1) is 5.92 Å². The van der Waals surface area contributed by atoms with E-state index in [4.69, 9.17) is 0 Å². The van der Waals surface area contributed by atoms with Crippen LogP contribution in [0.3, 0.4) is 0 Å². The average Bonchev–Trinajstić information content (AvgIpc) is 3.29. The number of para-hydroxylation sites is 1. The molecule has 2 aromatic rings. The highest BCUT2D eigenvalue weighted by molar-refractivity contribution is 5.80. The summed E-state index contributed by atoms with van der Waals surface area (Å²) in [5, 5.41) is 8.11. The zero-order valence-electron chi connectivity index (χ0n) is 13.4. The van der Waals surface area contributed by atoms with Crippen molar-refractivity contribution >= 4 is 16.9 Å². The first-order valence-electron chi connectivity index (χ1n) is 8.35. The van der Waals surface area contributed by atoms with Crippen LogP contribution in [-0.2, 0) is 6.54 Å². The zero-order chi connectivity index (χ0) is 15.2. The second-order valence-corrected chi connectivity index (χ2v) is 6.08. The predicted molar refractivity (Wildman–Crippen MR) is 93.3 cm³/mol. The Balaban J connectivity index is 1.38. The lowest BCUT2D eigenvalue weighted by atomic mass is 10.2. The van der Waals surface area contributed by atoms with Gasteiger partial charge in [0.25, 0.3) is 0 Å². The normalized spacial score (nSPS) is 15.2. The van der Waals surface area contributed by atoms with E-state index in [2.05, 4.69) is 56.7 Å². The molecule has 0 bridgehead atoms. The van der Waals surface area contributed by atoms with Crippen LogP contribution in [0.2, 0.25) is 0 Å². The molecule has 1 aromatic carbocycles. The Morgan fingerprint density at radius 2 is 2.00 bits per heavy atom. The predicted octanol–water partition coefficient (Wildman–Crippen LogP) is 3.00. The Bertz CT molecular complexity index is 625. The monoisotopic (exact) mass is 298 g/mol. The number of aryl methyl sites for hydroxylation is 1. The van der Waals surface area contributed by atoms with Crippen LogP contribution in [-0.4, -0.2) is 30.7 Å². The summed E-state index contributed by atoms with van der Waals surface area (Å²) in [6.45, 7) is 3.00. The van der Waals surface area contributed by atoms with Crippen molar-refractivity contribution in [3.8, 4) is 0 Å². The summed E-state index contributed by atoms with van der Waals surface area (Å²) in [7, 11) is 1.84. The van der Waals surface area contributed by atoms with Crippen LogP contribution < -0.4 is 10.6 Å². The zero-order valence-corrected chi connectivity index (χ0v) is 13.4. The van der Waals surface area contributed by atoms with E-state index in [1.807, 2.05) is 7.05 Å². The van der Waals surface area contributed by atoms with Crippen molar-refractivity contribution in [2.24, 2.45) is 10.9 Å². The number of guanidine groups is 1. The topological polar surface area (TPSA) is 41.4 Å². The molecule has 118 valence electrons. The molecule has 0 aliphatic heterocycles. The molecular weight excluding hydrogens is 272 g/mol. The average molecular weight is 298 g/mol. The van der Waals surface area contributed by atoms with Crippen LogP contribution in [0.1, 0.15) is 25.7 Å². The quantitative estimate of drug-likeness (QED) is 0.469. The number of benzene rings is 1. The van der Waals surface area contributed by atoms with Gasteiger partial charge in [0.1, 0.15) is 0 Å². The molecule has 1 saturated carbocycles. The van der Waals surface area contributed by atoms with Crippen LogP contribution in [0.5, 0.6) is 0 Å². The Kier molecular flexibility index (Phi) is 4.99. The standard InChI is InChI=1S/C18H26N4/c1-19-18(21-12-9-15-7-8-15)20-11-4-13-22-14-10-16-5-2-3-6-17(16)22/h2-3,5-6,10,14-15H,4,7-9,11-13H2,1H3,(H2,19,20,21). The van der Waals surface area contributed by atoms with E-state index in [-0.39, 0.29) is 0 Å². The van der Waals surface area contributed by atoms with Gasteiger partial charge in [-0.1, -0.05) is 31.0 Å². The second kappa shape index (κ2) is 7.34. The van der Waals surface area contributed by atoms with Crippen molar-refractivity contribution in [3.05, 3.63) is 36.5 Å². The molecule has 1 aromatic heterocycles. The van der Waals surface area contributed by atoms with Gasteiger partial charge in [0, 0.05) is 38.4 Å². The molecule has 1 heterocycles. The first-order chi connectivity index (χ1) is 10.9. The van der Waals surface area contributed by atoms with Crippen LogP contribution >= 0.6 is 0 Å². The molecule has 4 nitrogen and oxygen atoms in total. The van der Waals surface area contributed by atoms with Gasteiger partial charge in [0.15, 0.2) is 5.96 Å². The molecule has 1 aliphatic rings. The number of fused-ring (bicyclic) bond motifs is 1. The summed E-state index contributed by atoms with van der Waals surface area (Å²) in [6.07, 6.45) is 7.36. The summed E-state index contributed by atoms with van der Waals surface area (Å²) in [4.78, 5) is 4.28. The number of aromatic nitrogens is 1. The summed E-state index contributed by atoms with van der Waals surface area (Å²) in [5.41, 5.74) is 1.31. The lowest BCUT2D eigenvalue weighted by Gasteiger charge is -2.12. The molecule has 0 amide bonds. The van der Waals surface area contributed by atoms with Gasteiger partial charge in [0.05, 0.1) is 0 Å². The lowest BCUT2D eigenvalue weighted by Crippen LogP contribution is -2.38. The smallest absolute Gasteiger partial charge is 0.190 e. The fraction of sp³-hybridized carbons (Fsp3) is 0.500. The molecule has 22 heavy (non-hydrogen) atoms. The maximum Gasteiger partial charge on any atom is 0.190 e. The van der Waals surface area contributed by atoms with E-state index in [1.165, 1.54) is 30.2 Å². The Morgan fingerprint density at radius 1 is 1.18 bits per heavy atom. The van der Waals surface area contributed by atoms with Gasteiger partial charge < -0.3 is 15.2 Å². The van der Waals surface area contributed by atoms with E-state index in [9.17, 15) is 0 Å². The maximum absolute atomic E-state index is 4.28. The third kappa shape index (κ3) is 4.03. The van der Waals surface area contributed by atoms with E-state index in [0.29, 0.717) is 0 Å². The van der Waals surface area contributed by atoms with Crippen molar-refractivity contribution in [1.29, 1.82) is 0 Å². The summed E-state index contributed by atoms with van der Waals surface area (Å²) in [6, 6.07) is 10.7. The van der Waals surface area contributed by atoms with E-state index in [0.717, 1.165) is 37.9 Å². The number of nitrogens with zero attached hydrogens (tertiary/aromatic N) is 2. The molecule has 1 fully saturated rings. The van der Waals surface area contributed by atoms with Crippen LogP contribution in [0.15, 0.2) is 41.5 Å². The molecule has 2 N–H and O–H groups in total. The molecule has 4 heteroatoms. The van der Waals surface area contributed by atoms with Gasteiger partial charge in [-0.05, 0) is 36.3 Å². The third-order valence-electron chi connectivity index (χ3n) is 4.31. The summed E-state index contributed by atoms with van der Waals surface area (Å²) >= 11 is 0. The van der Waals surface area contributed by atoms with Crippen molar-refractivity contribution in [2.45, 2.75) is 32.2 Å². The third-order valence-corrected chi connectivity index (χ3v) is 4.31. The van der Waals surface area contributed by atoms with Gasteiger partial charge in [-0.15, -0.1) is 0 Å². The van der Waals surface area contributed by atoms with Gasteiger partial charge in [0.2, 0.25) is 0 Å². The van der Waals surface area contributed by atoms with Crippen molar-refractivity contribution in [2.75, 3.05) is 20.1 Å². The van der Waals surface area contributed by atoms with Crippen molar-refractivity contribution in [3.63, 3.8) is 0 Å². The molecule has 1 aliphatic carbocycles. The number of hydrogen-bond donors (Lipinski definition) is 2. The maximum atomic E-state index is 4.28. The summed E-state index contributed by atoms with van der Waals surface area (Å²) in [5.74, 6) is 1.89. The first kappa shape index (κ1) is 14.9. The van der Waals surface area contributed by atoms with Gasteiger partial charge >= 0.3 is 0 Å². The van der Waals surface area contributed by atoms with Crippen LogP contribution in [0.25, 0.3) is 10.9 Å². The van der Waals surface area contributed by atoms with Gasteiger partial charge in [-0.25, -0.2) is 0 Å². The number of rotatable bonds is 7. The van der Waals surface area contributed by atoms with E-state index < -0.39 is 0 Å². The fourth-order valence-electron chi connectivity index (χ4n) is 2.81. The van der Waals surface area contributed by atoms with Gasteiger partial charge in [-0.2, -0.15) is 0 Å². The van der Waals surface area contributed by atoms with Crippen molar-refractivity contribution < 1.29 is 0 Å². The SMILES string of the molecule is CN=C(NCCCn1ccc2ccccc21)NCCC1CC1. The Morgan fingerprint density at radius 3 is 2.82 bits per heavy atom. The molecule has 0 saturated heterocycles. The second-order valence-electron chi connectivity index (χ2n) is 6.08. The highest BCUT2D eigenvalue weighted by Gasteiger charge is 2.20. The number of hydrogen-bond acceptors (Lipinski definition) is 1. The minimum atomic E-state index is 0.929. The Labute approximate surface area is 132 Å². The van der Waals surface area contributed by atoms with E-state index in [1.54, 1.807) is 0 Å². The summed E-state index contributed by atoms with van der Waals surface area (Å²) < 4.78 is 2.32. The highest BCUT2D eigenvalue weighted by Crippen LogP contribution is 2.31. The molecule has 3 rings (SSSR count). The minimum Gasteiger partial charge on any atom is -0.356 e. The van der Waals surface area contributed by atoms with E-state index >= 15 is 0 Å². The molecule has 0 unspecified atom stereocenters. The lowest BCUT2D eigenvalue weighted by molar-refractivity contribution is 0.634. The highest BCUT2D eigenvalue weighted by atomic mass is 15.2. The first-order valence-corrected chi connectivity index (χ1v) is 8.35.